The Bertz CT molecular complexity index is 325. The van der Waals surface area contributed by atoms with Crippen molar-refractivity contribution in [3.8, 4) is 0 Å². The van der Waals surface area contributed by atoms with Crippen molar-refractivity contribution in [1.29, 1.82) is 0 Å². The Morgan fingerprint density at radius 1 is 1.64 bits per heavy atom. The van der Waals surface area contributed by atoms with Gasteiger partial charge < -0.3 is 10.2 Å². The summed E-state index contributed by atoms with van der Waals surface area (Å²) in [6, 6.07) is 0. The van der Waals surface area contributed by atoms with Crippen LogP contribution in [0.4, 0.5) is 0 Å². The smallest absolute Gasteiger partial charge is 0.153 e. The van der Waals surface area contributed by atoms with Crippen molar-refractivity contribution in [3.63, 3.8) is 0 Å². The first kappa shape index (κ1) is 9.31. The van der Waals surface area contributed by atoms with Gasteiger partial charge in [0.05, 0.1) is 11.9 Å². The molecule has 2 rings (SSSR count). The van der Waals surface area contributed by atoms with Crippen molar-refractivity contribution in [2.45, 2.75) is 32.9 Å². The fourth-order valence-corrected chi connectivity index (χ4v) is 1.95. The number of amidine groups is 1. The van der Waals surface area contributed by atoms with Gasteiger partial charge in [-0.1, -0.05) is 13.0 Å². The predicted octanol–water partition coefficient (Wildman–Crippen LogP) is 1.85. The second-order valence-electron chi connectivity index (χ2n) is 3.88. The zero-order valence-electron chi connectivity index (χ0n) is 9.04. The third kappa shape index (κ3) is 1.33. The lowest BCUT2D eigenvalue weighted by molar-refractivity contribution is 0.356. The van der Waals surface area contributed by atoms with E-state index in [1.54, 1.807) is 0 Å². The molecule has 0 aliphatic carbocycles. The molecule has 14 heavy (non-hydrogen) atoms. The van der Waals surface area contributed by atoms with Gasteiger partial charge in [0.25, 0.3) is 0 Å². The first-order valence-electron chi connectivity index (χ1n) is 5.16. The summed E-state index contributed by atoms with van der Waals surface area (Å²) in [5, 5.41) is 3.52. The Hall–Kier alpha value is -1.25. The summed E-state index contributed by atoms with van der Waals surface area (Å²) in [5.74, 6) is 1.09. The molecule has 2 aliphatic rings. The normalized spacial score (nSPS) is 25.8. The van der Waals surface area contributed by atoms with E-state index in [0.717, 1.165) is 18.7 Å². The van der Waals surface area contributed by atoms with Crippen LogP contribution in [0.5, 0.6) is 0 Å². The number of nitrogens with one attached hydrogen (secondary N) is 1. The molecule has 1 atom stereocenters. The Morgan fingerprint density at radius 2 is 2.43 bits per heavy atom. The van der Waals surface area contributed by atoms with Crippen molar-refractivity contribution in [1.82, 2.24) is 10.2 Å². The molecule has 1 saturated heterocycles. The minimum Gasteiger partial charge on any atom is -0.362 e. The molecule has 0 saturated carbocycles. The summed E-state index contributed by atoms with van der Waals surface area (Å²) in [6.07, 6.45) is 6.51. The summed E-state index contributed by atoms with van der Waals surface area (Å²) in [7, 11) is 2.10. The number of rotatable bonds is 1. The van der Waals surface area contributed by atoms with Gasteiger partial charge in [-0.25, -0.2) is 4.99 Å². The largest absolute Gasteiger partial charge is 0.362 e. The van der Waals surface area contributed by atoms with Crippen LogP contribution in [0, 0.1) is 0 Å². The van der Waals surface area contributed by atoms with E-state index in [1.807, 2.05) is 6.20 Å². The average molecular weight is 191 g/mol. The molecule has 1 fully saturated rings. The van der Waals surface area contributed by atoms with Crippen molar-refractivity contribution in [2.24, 2.45) is 4.99 Å². The maximum atomic E-state index is 4.46. The lowest BCUT2D eigenvalue weighted by atomic mass is 10.1. The van der Waals surface area contributed by atoms with Crippen molar-refractivity contribution in [3.05, 3.63) is 23.5 Å². The maximum Gasteiger partial charge on any atom is 0.153 e. The second-order valence-corrected chi connectivity index (χ2v) is 3.88. The molecule has 0 spiro atoms. The molecule has 0 bridgehead atoms. The van der Waals surface area contributed by atoms with Crippen molar-refractivity contribution < 1.29 is 0 Å². The monoisotopic (exact) mass is 191 g/mol. The van der Waals surface area contributed by atoms with E-state index in [1.165, 1.54) is 11.3 Å². The molecule has 0 aromatic carbocycles. The summed E-state index contributed by atoms with van der Waals surface area (Å²) in [4.78, 5) is 6.67. The lowest BCUT2D eigenvalue weighted by Gasteiger charge is -2.18. The molecule has 3 nitrogen and oxygen atoms in total. The number of fused-ring (bicyclic) bond motifs is 1. The molecule has 2 aliphatic heterocycles. The average Bonchev–Trinajstić information content (AvgIpc) is 2.38. The zero-order valence-corrected chi connectivity index (χ0v) is 9.04. The lowest BCUT2D eigenvalue weighted by Crippen LogP contribution is -2.33. The van der Waals surface area contributed by atoms with Gasteiger partial charge in [0.1, 0.15) is 0 Å². The summed E-state index contributed by atoms with van der Waals surface area (Å²) >= 11 is 0. The van der Waals surface area contributed by atoms with Crippen molar-refractivity contribution in [2.75, 3.05) is 7.05 Å². The number of hydrogen-bond donors (Lipinski definition) is 1. The quantitative estimate of drug-likeness (QED) is 0.685. The van der Waals surface area contributed by atoms with Crippen LogP contribution in [0.3, 0.4) is 0 Å². The highest BCUT2D eigenvalue weighted by Gasteiger charge is 2.29. The Balaban J connectivity index is 2.39. The van der Waals surface area contributed by atoms with Crippen LogP contribution >= 0.6 is 0 Å². The summed E-state index contributed by atoms with van der Waals surface area (Å²) < 4.78 is 0. The Kier molecular flexibility index (Phi) is 2.32. The second kappa shape index (κ2) is 3.48. The van der Waals surface area contributed by atoms with Gasteiger partial charge in [0.15, 0.2) is 5.84 Å². The van der Waals surface area contributed by atoms with E-state index in [0.29, 0.717) is 6.17 Å². The van der Waals surface area contributed by atoms with Crippen LogP contribution in [-0.4, -0.2) is 23.9 Å². The topological polar surface area (TPSA) is 27.6 Å². The molecule has 0 aromatic rings. The summed E-state index contributed by atoms with van der Waals surface area (Å²) in [5.41, 5.74) is 2.60. The van der Waals surface area contributed by atoms with Crippen LogP contribution in [0.1, 0.15) is 26.7 Å². The van der Waals surface area contributed by atoms with Crippen LogP contribution in [0.25, 0.3) is 0 Å². The van der Waals surface area contributed by atoms with Gasteiger partial charge in [0, 0.05) is 13.2 Å². The van der Waals surface area contributed by atoms with Gasteiger partial charge in [-0.3, -0.25) is 0 Å². The maximum absolute atomic E-state index is 4.46. The van der Waals surface area contributed by atoms with E-state index in [9.17, 15) is 0 Å². The van der Waals surface area contributed by atoms with Crippen LogP contribution in [0.2, 0.25) is 0 Å². The molecular formula is C11H17N3. The molecule has 0 amide bonds. The van der Waals surface area contributed by atoms with E-state index in [-0.39, 0.29) is 0 Å². The fourth-order valence-electron chi connectivity index (χ4n) is 1.95. The number of aliphatic imine (C=N–C) groups is 1. The highest BCUT2D eigenvalue weighted by atomic mass is 15.4. The number of likely N-dealkylation sites (N-methyl/N-ethyl adjacent to an activating group) is 1. The van der Waals surface area contributed by atoms with Gasteiger partial charge in [-0.15, -0.1) is 0 Å². The number of allylic oxidation sites excluding steroid dienone is 2. The molecule has 1 unspecified atom stereocenters. The molecule has 2 heterocycles. The first-order valence-corrected chi connectivity index (χ1v) is 5.16. The van der Waals surface area contributed by atoms with E-state index in [4.69, 9.17) is 0 Å². The Morgan fingerprint density at radius 3 is 3.14 bits per heavy atom. The highest BCUT2D eigenvalue weighted by Crippen LogP contribution is 2.22. The highest BCUT2D eigenvalue weighted by molar-refractivity contribution is 6.01. The van der Waals surface area contributed by atoms with Gasteiger partial charge in [0.2, 0.25) is 0 Å². The van der Waals surface area contributed by atoms with Crippen LogP contribution in [0.15, 0.2) is 28.5 Å². The molecular weight excluding hydrogens is 174 g/mol. The Labute approximate surface area is 85.2 Å². The predicted molar refractivity (Wildman–Crippen MR) is 58.9 cm³/mol. The van der Waals surface area contributed by atoms with Gasteiger partial charge >= 0.3 is 0 Å². The van der Waals surface area contributed by atoms with Gasteiger partial charge in [-0.05, 0) is 25.3 Å². The molecule has 0 aromatic heterocycles. The zero-order chi connectivity index (χ0) is 10.1. The molecule has 0 radical (unpaired) electrons. The first-order chi connectivity index (χ1) is 6.74. The van der Waals surface area contributed by atoms with Crippen LogP contribution < -0.4 is 5.32 Å². The molecule has 76 valence electrons. The molecule has 1 N–H and O–H groups in total. The van der Waals surface area contributed by atoms with Crippen molar-refractivity contribution >= 4 is 5.84 Å². The standard InChI is InChI=1S/C11H17N3/c1-4-9-13-10-8(2)6-5-7-12-11(10)14(9)3/h5,7,9,13H,4,6H2,1-3H3. The fraction of sp³-hybridized carbons (Fsp3) is 0.545. The SMILES string of the molecule is CCC1NC2=C(C)CC=CN=C2N1C. The van der Waals surface area contributed by atoms with E-state index < -0.39 is 0 Å². The minimum atomic E-state index is 0.408. The third-order valence-electron chi connectivity index (χ3n) is 2.88. The number of nitrogens with zero attached hydrogens (tertiary/aromatic N) is 2. The third-order valence-corrected chi connectivity index (χ3v) is 2.88. The molecule has 3 heteroatoms. The minimum absolute atomic E-state index is 0.408. The van der Waals surface area contributed by atoms with Crippen LogP contribution in [-0.2, 0) is 0 Å². The number of hydrogen-bond acceptors (Lipinski definition) is 3. The van der Waals surface area contributed by atoms with E-state index >= 15 is 0 Å². The van der Waals surface area contributed by atoms with Gasteiger partial charge in [-0.2, -0.15) is 0 Å². The van der Waals surface area contributed by atoms with E-state index in [2.05, 4.69) is 42.2 Å². The summed E-state index contributed by atoms with van der Waals surface area (Å²) in [6.45, 7) is 4.35.